The van der Waals surface area contributed by atoms with E-state index >= 15 is 0 Å². The van der Waals surface area contributed by atoms with Gasteiger partial charge in [-0.3, -0.25) is 10.9 Å². The maximum atomic E-state index is 4.47. The molecule has 0 fully saturated rings. The van der Waals surface area contributed by atoms with Crippen molar-refractivity contribution in [1.82, 2.24) is 10.7 Å². The summed E-state index contributed by atoms with van der Waals surface area (Å²) in [7, 11) is 0. The molecular weight excluding hydrogens is 300 g/mol. The minimum Gasteiger partial charge on any atom is -0.263 e. The lowest BCUT2D eigenvalue weighted by molar-refractivity contribution is 0.281. The van der Waals surface area contributed by atoms with Crippen molar-refractivity contribution < 1.29 is 0 Å². The van der Waals surface area contributed by atoms with Crippen LogP contribution in [-0.4, -0.2) is 22.8 Å². The smallest absolute Gasteiger partial charge is 0.123 e. The van der Waals surface area contributed by atoms with Crippen molar-refractivity contribution in [3.05, 3.63) is 53.6 Å². The van der Waals surface area contributed by atoms with E-state index in [4.69, 9.17) is 0 Å². The number of thioether (sulfide) groups is 2. The molecule has 6 heteroatoms. The van der Waals surface area contributed by atoms with Gasteiger partial charge in [0.2, 0.25) is 0 Å². The summed E-state index contributed by atoms with van der Waals surface area (Å²) < 4.78 is 0. The zero-order chi connectivity index (χ0) is 14.7. The first kappa shape index (κ1) is 14.2. The number of nitrogens with one attached hydrogen (secondary N) is 2. The van der Waals surface area contributed by atoms with Crippen LogP contribution in [0.4, 0.5) is 5.69 Å². The molecule has 108 valence electrons. The summed E-state index contributed by atoms with van der Waals surface area (Å²) in [6.45, 7) is 0. The quantitative estimate of drug-likeness (QED) is 0.899. The van der Waals surface area contributed by atoms with E-state index in [1.54, 1.807) is 28.8 Å². The third-order valence-electron chi connectivity index (χ3n) is 3.08. The average molecular weight is 316 g/mol. The normalized spacial score (nSPS) is 14.5. The van der Waals surface area contributed by atoms with Crippen molar-refractivity contribution in [3.63, 3.8) is 0 Å². The molecule has 0 atom stereocenters. The molecule has 3 rings (SSSR count). The van der Waals surface area contributed by atoms with Crippen LogP contribution in [0, 0.1) is 0 Å². The summed E-state index contributed by atoms with van der Waals surface area (Å²) >= 11 is 3.28. The molecule has 2 aromatic carbocycles. The summed E-state index contributed by atoms with van der Waals surface area (Å²) in [5.74, 6) is 0. The molecule has 1 aliphatic rings. The topological polar surface area (TPSA) is 39.7 Å². The van der Waals surface area contributed by atoms with Crippen LogP contribution >= 0.6 is 23.5 Å². The predicted octanol–water partition coefficient (Wildman–Crippen LogP) is 3.87. The number of hydrogen-bond acceptors (Lipinski definition) is 6. The maximum absolute atomic E-state index is 4.47. The molecule has 0 aliphatic carbocycles. The summed E-state index contributed by atoms with van der Waals surface area (Å²) in [6.07, 6.45) is 6.09. The minimum atomic E-state index is 0.964. The SMILES string of the molecule is CSC1=CC(SC)=NN(Nc2ccc3ccccc3c2)N1. The Balaban J connectivity index is 1.82. The highest BCUT2D eigenvalue weighted by Gasteiger charge is 2.11. The molecule has 0 radical (unpaired) electrons. The predicted molar refractivity (Wildman–Crippen MR) is 95.1 cm³/mol. The van der Waals surface area contributed by atoms with Gasteiger partial charge >= 0.3 is 0 Å². The van der Waals surface area contributed by atoms with Gasteiger partial charge in [0.25, 0.3) is 0 Å². The summed E-state index contributed by atoms with van der Waals surface area (Å²) in [6, 6.07) is 14.6. The third-order valence-corrected chi connectivity index (χ3v) is 4.35. The Bertz CT molecular complexity index is 712. The monoisotopic (exact) mass is 316 g/mol. The lowest BCUT2D eigenvalue weighted by Crippen LogP contribution is -2.39. The van der Waals surface area contributed by atoms with E-state index in [2.05, 4.69) is 46.3 Å². The molecule has 4 nitrogen and oxygen atoms in total. The van der Waals surface area contributed by atoms with Gasteiger partial charge in [0.1, 0.15) is 5.04 Å². The summed E-state index contributed by atoms with van der Waals surface area (Å²) in [5.41, 5.74) is 7.47. The Morgan fingerprint density at radius 3 is 2.62 bits per heavy atom. The van der Waals surface area contributed by atoms with Crippen LogP contribution < -0.4 is 10.9 Å². The first-order chi connectivity index (χ1) is 10.3. The lowest BCUT2D eigenvalue weighted by Gasteiger charge is -2.26. The second kappa shape index (κ2) is 6.32. The van der Waals surface area contributed by atoms with Gasteiger partial charge < -0.3 is 0 Å². The molecule has 0 saturated heterocycles. The molecule has 0 unspecified atom stereocenters. The number of benzene rings is 2. The fraction of sp³-hybridized carbons (Fsp3) is 0.133. The van der Waals surface area contributed by atoms with Gasteiger partial charge in [-0.15, -0.1) is 33.9 Å². The van der Waals surface area contributed by atoms with Gasteiger partial charge in [-0.2, -0.15) is 0 Å². The number of hydrogen-bond donors (Lipinski definition) is 2. The maximum Gasteiger partial charge on any atom is 0.123 e. The molecule has 0 bridgehead atoms. The van der Waals surface area contributed by atoms with Crippen molar-refractivity contribution >= 4 is 45.0 Å². The summed E-state index contributed by atoms with van der Waals surface area (Å²) in [5, 5.41) is 10.6. The molecule has 0 spiro atoms. The van der Waals surface area contributed by atoms with Gasteiger partial charge in [0.15, 0.2) is 0 Å². The molecule has 0 amide bonds. The fourth-order valence-electron chi connectivity index (χ4n) is 2.04. The highest BCUT2D eigenvalue weighted by atomic mass is 32.2. The van der Waals surface area contributed by atoms with Crippen LogP contribution in [0.2, 0.25) is 0 Å². The Kier molecular flexibility index (Phi) is 4.26. The molecule has 0 aromatic heterocycles. The number of hydrazone groups is 1. The van der Waals surface area contributed by atoms with Crippen molar-refractivity contribution in [2.75, 3.05) is 17.9 Å². The molecule has 2 aromatic rings. The average Bonchev–Trinajstić information content (AvgIpc) is 2.54. The van der Waals surface area contributed by atoms with E-state index in [-0.39, 0.29) is 0 Å². The second-order valence-corrected chi connectivity index (χ2v) is 6.13. The fourth-order valence-corrected chi connectivity index (χ4v) is 2.92. The Labute approximate surface area is 132 Å². The van der Waals surface area contributed by atoms with E-state index in [1.165, 1.54) is 10.8 Å². The van der Waals surface area contributed by atoms with Crippen LogP contribution in [0.3, 0.4) is 0 Å². The van der Waals surface area contributed by atoms with E-state index in [0.29, 0.717) is 0 Å². The number of hydrazine groups is 2. The Morgan fingerprint density at radius 1 is 1.05 bits per heavy atom. The molecular formula is C15H16N4S2. The standard InChI is InChI=1S/C15H16N4S2/c1-20-14-10-15(21-2)18-19(17-14)16-13-8-7-11-5-3-4-6-12(11)9-13/h3-10,16-17H,1-2H3. The molecule has 21 heavy (non-hydrogen) atoms. The summed E-state index contributed by atoms with van der Waals surface area (Å²) in [4.78, 5) is 0. The van der Waals surface area contributed by atoms with Crippen molar-refractivity contribution in [2.45, 2.75) is 0 Å². The second-order valence-electron chi connectivity index (χ2n) is 4.45. The van der Waals surface area contributed by atoms with Gasteiger partial charge in [-0.05, 0) is 35.4 Å². The molecule has 1 heterocycles. The lowest BCUT2D eigenvalue weighted by atomic mass is 10.1. The molecule has 2 N–H and O–H groups in total. The van der Waals surface area contributed by atoms with Crippen LogP contribution in [0.15, 0.2) is 58.7 Å². The minimum absolute atomic E-state index is 0.964. The molecule has 0 saturated carbocycles. The molecule has 1 aliphatic heterocycles. The number of nitrogens with zero attached hydrogens (tertiary/aromatic N) is 2. The van der Waals surface area contributed by atoms with Crippen molar-refractivity contribution in [1.29, 1.82) is 0 Å². The van der Waals surface area contributed by atoms with E-state index in [1.807, 2.05) is 30.7 Å². The van der Waals surface area contributed by atoms with Crippen LogP contribution in [0.5, 0.6) is 0 Å². The van der Waals surface area contributed by atoms with Gasteiger partial charge in [0, 0.05) is 6.08 Å². The van der Waals surface area contributed by atoms with E-state index < -0.39 is 0 Å². The highest BCUT2D eigenvalue weighted by molar-refractivity contribution is 8.13. The van der Waals surface area contributed by atoms with Crippen LogP contribution in [0.25, 0.3) is 10.8 Å². The van der Waals surface area contributed by atoms with Crippen molar-refractivity contribution in [3.8, 4) is 0 Å². The number of rotatable bonds is 3. The van der Waals surface area contributed by atoms with Gasteiger partial charge in [-0.1, -0.05) is 30.3 Å². The zero-order valence-electron chi connectivity index (χ0n) is 11.8. The Hall–Kier alpha value is -1.79. The zero-order valence-corrected chi connectivity index (χ0v) is 13.5. The van der Waals surface area contributed by atoms with Crippen LogP contribution in [-0.2, 0) is 0 Å². The number of fused-ring (bicyclic) bond motifs is 1. The first-order valence-corrected chi connectivity index (χ1v) is 8.94. The van der Waals surface area contributed by atoms with E-state index in [9.17, 15) is 0 Å². The van der Waals surface area contributed by atoms with Crippen LogP contribution in [0.1, 0.15) is 0 Å². The Morgan fingerprint density at radius 2 is 1.86 bits per heavy atom. The van der Waals surface area contributed by atoms with E-state index in [0.717, 1.165) is 15.8 Å². The number of anilines is 1. The third kappa shape index (κ3) is 3.28. The van der Waals surface area contributed by atoms with Gasteiger partial charge in [0.05, 0.1) is 10.7 Å². The van der Waals surface area contributed by atoms with Crippen molar-refractivity contribution in [2.24, 2.45) is 5.10 Å². The first-order valence-electron chi connectivity index (χ1n) is 6.49. The largest absolute Gasteiger partial charge is 0.263 e. The van der Waals surface area contributed by atoms with Gasteiger partial charge in [-0.25, -0.2) is 0 Å². The highest BCUT2D eigenvalue weighted by Crippen LogP contribution is 2.21.